The van der Waals surface area contributed by atoms with Crippen LogP contribution in [-0.4, -0.2) is 11.9 Å². The maximum Gasteiger partial charge on any atom is 0.0715 e. The largest absolute Gasteiger partial charge is 0.545 e. The van der Waals surface area contributed by atoms with Crippen LogP contribution in [0.15, 0.2) is 84.9 Å². The van der Waals surface area contributed by atoms with Gasteiger partial charge >= 0.3 is 0 Å². The molecule has 4 heteroatoms. The molecule has 6 aromatic rings. The molecule has 4 aliphatic carbocycles. The van der Waals surface area contributed by atoms with Crippen molar-refractivity contribution in [3.8, 4) is 0 Å². The minimum atomic E-state index is -1.23. The maximum absolute atomic E-state index is 11.8. The molecule has 0 fully saturated rings. The third-order valence-electron chi connectivity index (χ3n) is 7.02. The van der Waals surface area contributed by atoms with Crippen molar-refractivity contribution in [3.05, 3.63) is 117 Å². The zero-order valence-electron chi connectivity index (χ0n) is 17.7. The van der Waals surface area contributed by atoms with E-state index >= 15 is 0 Å². The fourth-order valence-electron chi connectivity index (χ4n) is 5.69. The van der Waals surface area contributed by atoms with Crippen LogP contribution in [0, 0.1) is 20.9 Å². The van der Waals surface area contributed by atoms with Gasteiger partial charge in [-0.3, -0.25) is 0 Å². The van der Waals surface area contributed by atoms with E-state index in [1.807, 2.05) is 36.4 Å². The number of carboxylic acid groups (broad SMARTS) is 2. The first-order valence-corrected chi connectivity index (χ1v) is 10.9. The smallest absolute Gasteiger partial charge is 0.0715 e. The number of carbonyl (C=O) groups excluding carboxylic acids is 2. The predicted octanol–water partition coefficient (Wildman–Crippen LogP) is 3.91. The zero-order valence-corrected chi connectivity index (χ0v) is 17.7. The second-order valence-corrected chi connectivity index (χ2v) is 8.69. The van der Waals surface area contributed by atoms with Crippen LogP contribution in [0.3, 0.4) is 0 Å². The molecule has 0 N–H and O–H groups in total. The SMILES string of the molecule is O=C([O-])c1ccc2c3c4cc(C(=O)[O-])ccc4c(c2c1)=c1c2ccccc2c=3c2ccccc12. The van der Waals surface area contributed by atoms with E-state index in [2.05, 4.69) is 24.3 Å². The van der Waals surface area contributed by atoms with E-state index in [9.17, 15) is 19.8 Å². The number of hydrogen-bond acceptors (Lipinski definition) is 4. The lowest BCUT2D eigenvalue weighted by molar-refractivity contribution is -0.256. The van der Waals surface area contributed by atoms with Gasteiger partial charge in [0, 0.05) is 0 Å². The van der Waals surface area contributed by atoms with E-state index in [1.54, 1.807) is 24.3 Å². The minimum Gasteiger partial charge on any atom is -0.545 e. The Hall–Kier alpha value is -4.70. The summed E-state index contributed by atoms with van der Waals surface area (Å²) < 4.78 is 0. The van der Waals surface area contributed by atoms with Gasteiger partial charge in [0.15, 0.2) is 0 Å². The topological polar surface area (TPSA) is 80.3 Å². The van der Waals surface area contributed by atoms with Crippen molar-refractivity contribution in [2.24, 2.45) is 0 Å². The van der Waals surface area contributed by atoms with Crippen LogP contribution < -0.4 is 10.2 Å². The summed E-state index contributed by atoms with van der Waals surface area (Å²) in [5, 5.41) is 35.0. The van der Waals surface area contributed by atoms with Gasteiger partial charge in [0.25, 0.3) is 0 Å². The Balaban J connectivity index is 2.04. The van der Waals surface area contributed by atoms with Gasteiger partial charge in [-0.05, 0) is 87.2 Å². The van der Waals surface area contributed by atoms with Crippen LogP contribution in [0.1, 0.15) is 20.7 Å². The molecule has 34 heavy (non-hydrogen) atoms. The Morgan fingerprint density at radius 2 is 0.706 bits per heavy atom. The highest BCUT2D eigenvalue weighted by Gasteiger charge is 2.17. The lowest BCUT2D eigenvalue weighted by Gasteiger charge is -2.18. The van der Waals surface area contributed by atoms with Crippen molar-refractivity contribution in [1.82, 2.24) is 0 Å². The summed E-state index contributed by atoms with van der Waals surface area (Å²) in [6.07, 6.45) is 0. The van der Waals surface area contributed by atoms with Gasteiger partial charge in [0.05, 0.1) is 11.9 Å². The van der Waals surface area contributed by atoms with Crippen LogP contribution >= 0.6 is 0 Å². The zero-order chi connectivity index (χ0) is 23.1. The minimum absolute atomic E-state index is 0.106. The first-order chi connectivity index (χ1) is 16.5. The second kappa shape index (κ2) is 6.42. The van der Waals surface area contributed by atoms with Gasteiger partial charge in [-0.1, -0.05) is 72.8 Å². The molecule has 0 aliphatic heterocycles. The molecule has 0 heterocycles. The molecule has 4 nitrogen and oxygen atoms in total. The number of rotatable bonds is 2. The summed E-state index contributed by atoms with van der Waals surface area (Å²) >= 11 is 0. The monoisotopic (exact) mass is 438 g/mol. The van der Waals surface area contributed by atoms with Crippen molar-refractivity contribution in [2.45, 2.75) is 0 Å². The Labute approximate surface area is 191 Å². The van der Waals surface area contributed by atoms with Crippen LogP contribution in [0.5, 0.6) is 0 Å². The summed E-state index contributed by atoms with van der Waals surface area (Å²) in [6.45, 7) is 0. The van der Waals surface area contributed by atoms with Crippen molar-refractivity contribution in [1.29, 1.82) is 0 Å². The van der Waals surface area contributed by atoms with Gasteiger partial charge in [-0.2, -0.15) is 0 Å². The molecule has 4 aliphatic rings. The Morgan fingerprint density at radius 1 is 0.412 bits per heavy atom. The molecule has 6 aromatic carbocycles. The van der Waals surface area contributed by atoms with Crippen LogP contribution in [0.2, 0.25) is 0 Å². The lowest BCUT2D eigenvalue weighted by Crippen LogP contribution is -2.22. The first-order valence-electron chi connectivity index (χ1n) is 10.9. The molecule has 4 bridgehead atoms. The van der Waals surface area contributed by atoms with E-state index in [0.717, 1.165) is 64.0 Å². The van der Waals surface area contributed by atoms with Crippen LogP contribution in [-0.2, 0) is 0 Å². The van der Waals surface area contributed by atoms with Gasteiger partial charge in [0.1, 0.15) is 0 Å². The second-order valence-electron chi connectivity index (χ2n) is 8.69. The quantitative estimate of drug-likeness (QED) is 0.383. The maximum atomic E-state index is 11.8. The molecule has 0 aromatic heterocycles. The Morgan fingerprint density at radius 3 is 1.03 bits per heavy atom. The van der Waals surface area contributed by atoms with Gasteiger partial charge < -0.3 is 19.8 Å². The molecular formula is C30H14O4-2. The fourth-order valence-corrected chi connectivity index (χ4v) is 5.69. The molecule has 0 radical (unpaired) electrons. The third-order valence-corrected chi connectivity index (χ3v) is 7.02. The summed E-state index contributed by atoms with van der Waals surface area (Å²) in [5.41, 5.74) is 0.211. The normalized spacial score (nSPS) is 12.0. The first kappa shape index (κ1) is 18.8. The molecular weight excluding hydrogens is 424 g/mol. The molecule has 0 atom stereocenters. The number of aromatic carboxylic acids is 2. The standard InChI is InChI=1S/C30H16O4/c31-29(32)15-10-12-22-23(13-15)27-21-11-9-16(30(33)34)14-24(21)28(22)26-18-6-2-1-5-17(18)25(27)19-7-3-4-8-20(19)26/h1-14H,(H,31,32)(H,33,34)/p-2. The fraction of sp³-hybridized carbons (Fsp3) is 0. The summed E-state index contributed by atoms with van der Waals surface area (Å²) in [5.74, 6) is -2.47. The molecule has 10 rings (SSSR count). The van der Waals surface area contributed by atoms with Gasteiger partial charge in [-0.25, -0.2) is 0 Å². The molecule has 0 saturated heterocycles. The van der Waals surface area contributed by atoms with Gasteiger partial charge in [-0.15, -0.1) is 0 Å². The highest BCUT2D eigenvalue weighted by molar-refractivity contribution is 6.11. The van der Waals surface area contributed by atoms with Crippen molar-refractivity contribution in [2.75, 3.05) is 0 Å². The summed E-state index contributed by atoms with van der Waals surface area (Å²) in [6, 6.07) is 26.4. The number of benzene rings is 6. The van der Waals surface area contributed by atoms with Gasteiger partial charge in [0.2, 0.25) is 0 Å². The predicted molar refractivity (Wildman–Crippen MR) is 127 cm³/mol. The number of hydrogen-bond donors (Lipinski definition) is 0. The Bertz CT molecular complexity index is 1910. The van der Waals surface area contributed by atoms with E-state index in [1.165, 1.54) is 0 Å². The third kappa shape index (κ3) is 2.27. The van der Waals surface area contributed by atoms with Crippen molar-refractivity contribution < 1.29 is 19.8 Å². The number of carbonyl (C=O) groups is 2. The molecule has 0 amide bonds. The van der Waals surface area contributed by atoms with Crippen molar-refractivity contribution >= 4 is 55.0 Å². The molecule has 0 unspecified atom stereocenters. The average Bonchev–Trinajstić information content (AvgIpc) is 2.84. The molecule has 160 valence electrons. The van der Waals surface area contributed by atoms with E-state index < -0.39 is 11.9 Å². The molecule has 0 spiro atoms. The van der Waals surface area contributed by atoms with Crippen LogP contribution in [0.25, 0.3) is 43.1 Å². The Kier molecular flexibility index (Phi) is 3.56. The summed E-state index contributed by atoms with van der Waals surface area (Å²) in [7, 11) is 0. The summed E-state index contributed by atoms with van der Waals surface area (Å²) in [4.78, 5) is 23.5. The number of carboxylic acids is 2. The highest BCUT2D eigenvalue weighted by Crippen LogP contribution is 2.38. The van der Waals surface area contributed by atoms with E-state index in [0.29, 0.717) is 0 Å². The highest BCUT2D eigenvalue weighted by atomic mass is 16.4. The average molecular weight is 438 g/mol. The van der Waals surface area contributed by atoms with Crippen molar-refractivity contribution in [3.63, 3.8) is 0 Å². The lowest BCUT2D eigenvalue weighted by atomic mass is 9.86. The van der Waals surface area contributed by atoms with E-state index in [4.69, 9.17) is 0 Å². The van der Waals surface area contributed by atoms with Crippen LogP contribution in [0.4, 0.5) is 0 Å². The molecule has 0 saturated carbocycles. The van der Waals surface area contributed by atoms with E-state index in [-0.39, 0.29) is 11.1 Å².